The Kier molecular flexibility index (Phi) is 6.32. The molecule has 178 valence electrons. The van der Waals surface area contributed by atoms with Crippen molar-refractivity contribution in [1.29, 1.82) is 0 Å². The fourth-order valence-electron chi connectivity index (χ4n) is 4.37. The van der Waals surface area contributed by atoms with Crippen LogP contribution in [0.15, 0.2) is 55.0 Å². The number of likely N-dealkylation sites (tertiary alicyclic amines) is 1. The van der Waals surface area contributed by atoms with E-state index in [1.54, 1.807) is 42.7 Å². The molecule has 1 aromatic heterocycles. The average molecular weight is 463 g/mol. The molecule has 8 nitrogen and oxygen atoms in total. The van der Waals surface area contributed by atoms with Crippen molar-refractivity contribution in [3.05, 3.63) is 66.1 Å². The molecule has 4 rings (SSSR count). The second-order valence-electron chi connectivity index (χ2n) is 9.54. The first-order valence-corrected chi connectivity index (χ1v) is 11.3. The lowest BCUT2D eigenvalue weighted by atomic mass is 9.80. The smallest absolute Gasteiger partial charge is 0.252 e. The summed E-state index contributed by atoms with van der Waals surface area (Å²) in [6, 6.07) is 12.0. The SMILES string of the molecule is Cn1cnc(-c2ccc(OC3CCN(C(=O)Cc4ccc(O)cc4)CC3(C)C)c(C(N)=O)c2)c1. The largest absolute Gasteiger partial charge is 0.508 e. The molecule has 1 fully saturated rings. The molecule has 1 atom stereocenters. The van der Waals surface area contributed by atoms with Crippen molar-refractivity contribution in [2.75, 3.05) is 13.1 Å². The lowest BCUT2D eigenvalue weighted by Gasteiger charge is -2.44. The Bertz CT molecular complexity index is 1200. The van der Waals surface area contributed by atoms with Crippen molar-refractivity contribution >= 4 is 11.8 Å². The quantitative estimate of drug-likeness (QED) is 0.585. The van der Waals surface area contributed by atoms with Crippen LogP contribution in [-0.4, -0.2) is 50.6 Å². The van der Waals surface area contributed by atoms with Gasteiger partial charge in [0.05, 0.1) is 24.0 Å². The van der Waals surface area contributed by atoms with E-state index in [0.717, 1.165) is 16.8 Å². The predicted molar refractivity (Wildman–Crippen MR) is 128 cm³/mol. The summed E-state index contributed by atoms with van der Waals surface area (Å²) in [5, 5.41) is 9.44. The minimum Gasteiger partial charge on any atom is -0.508 e. The van der Waals surface area contributed by atoms with Gasteiger partial charge in [-0.1, -0.05) is 26.0 Å². The van der Waals surface area contributed by atoms with Crippen LogP contribution in [0.25, 0.3) is 11.3 Å². The summed E-state index contributed by atoms with van der Waals surface area (Å²) >= 11 is 0. The first-order chi connectivity index (χ1) is 16.1. The van der Waals surface area contributed by atoms with E-state index in [0.29, 0.717) is 30.8 Å². The molecule has 1 unspecified atom stereocenters. The number of carbonyl (C=O) groups excluding carboxylic acids is 2. The van der Waals surface area contributed by atoms with Crippen molar-refractivity contribution in [2.24, 2.45) is 18.2 Å². The molecule has 0 radical (unpaired) electrons. The molecule has 0 spiro atoms. The van der Waals surface area contributed by atoms with Crippen LogP contribution in [0.1, 0.15) is 36.2 Å². The number of nitrogens with two attached hydrogens (primary N) is 1. The number of amides is 2. The molecule has 2 aromatic carbocycles. The maximum Gasteiger partial charge on any atom is 0.252 e. The van der Waals surface area contributed by atoms with Gasteiger partial charge in [0.25, 0.3) is 5.91 Å². The number of aromatic nitrogens is 2. The Morgan fingerprint density at radius 1 is 1.21 bits per heavy atom. The van der Waals surface area contributed by atoms with Crippen LogP contribution in [0, 0.1) is 5.41 Å². The number of ether oxygens (including phenoxy) is 1. The van der Waals surface area contributed by atoms with E-state index in [1.165, 1.54) is 0 Å². The van der Waals surface area contributed by atoms with Gasteiger partial charge < -0.3 is 25.0 Å². The Hall–Kier alpha value is -3.81. The van der Waals surface area contributed by atoms with Gasteiger partial charge in [-0.05, 0) is 35.9 Å². The lowest BCUT2D eigenvalue weighted by molar-refractivity contribution is -0.136. The predicted octanol–water partition coefficient (Wildman–Crippen LogP) is 3.14. The topological polar surface area (TPSA) is 111 Å². The number of hydrogen-bond donors (Lipinski definition) is 2. The monoisotopic (exact) mass is 462 g/mol. The number of phenolic OH excluding ortho intramolecular Hbond substituents is 1. The fraction of sp³-hybridized carbons (Fsp3) is 0.346. The second kappa shape index (κ2) is 9.21. The molecule has 0 bridgehead atoms. The van der Waals surface area contributed by atoms with Crippen LogP contribution in [0.3, 0.4) is 0 Å². The summed E-state index contributed by atoms with van der Waals surface area (Å²) in [5.74, 6) is 0.0923. The Balaban J connectivity index is 1.47. The highest BCUT2D eigenvalue weighted by molar-refractivity contribution is 5.97. The number of nitrogens with zero attached hydrogens (tertiary/aromatic N) is 3. The van der Waals surface area contributed by atoms with Crippen LogP contribution < -0.4 is 10.5 Å². The number of phenols is 1. The van der Waals surface area contributed by atoms with Gasteiger partial charge in [-0.3, -0.25) is 9.59 Å². The number of aryl methyl sites for hydroxylation is 1. The molecule has 3 N–H and O–H groups in total. The summed E-state index contributed by atoms with van der Waals surface area (Å²) in [7, 11) is 1.88. The zero-order valence-electron chi connectivity index (χ0n) is 19.7. The first-order valence-electron chi connectivity index (χ1n) is 11.3. The van der Waals surface area contributed by atoms with Crippen LogP contribution in [0.2, 0.25) is 0 Å². The molecule has 34 heavy (non-hydrogen) atoms. The van der Waals surface area contributed by atoms with Gasteiger partial charge in [0, 0.05) is 43.7 Å². The third-order valence-corrected chi connectivity index (χ3v) is 6.29. The van der Waals surface area contributed by atoms with E-state index in [1.807, 2.05) is 28.8 Å². The highest BCUT2D eigenvalue weighted by Crippen LogP contribution is 2.35. The highest BCUT2D eigenvalue weighted by Gasteiger charge is 2.39. The maximum atomic E-state index is 12.9. The molecule has 1 aliphatic rings. The second-order valence-corrected chi connectivity index (χ2v) is 9.54. The third kappa shape index (κ3) is 5.06. The van der Waals surface area contributed by atoms with Crippen molar-refractivity contribution in [2.45, 2.75) is 32.8 Å². The van der Waals surface area contributed by atoms with E-state index in [4.69, 9.17) is 10.5 Å². The van der Waals surface area contributed by atoms with Crippen LogP contribution in [0.4, 0.5) is 0 Å². The van der Waals surface area contributed by atoms with Crippen molar-refractivity contribution in [1.82, 2.24) is 14.5 Å². The minimum absolute atomic E-state index is 0.0368. The van der Waals surface area contributed by atoms with Crippen molar-refractivity contribution in [3.63, 3.8) is 0 Å². The molecule has 0 saturated carbocycles. The first kappa shape index (κ1) is 23.4. The molecular formula is C26H30N4O4. The minimum atomic E-state index is -0.563. The summed E-state index contributed by atoms with van der Waals surface area (Å²) in [4.78, 5) is 31.3. The number of rotatable bonds is 6. The molecule has 3 aromatic rings. The summed E-state index contributed by atoms with van der Waals surface area (Å²) in [5.41, 5.74) is 8.04. The number of carbonyl (C=O) groups is 2. The summed E-state index contributed by atoms with van der Waals surface area (Å²) in [6.07, 6.45) is 4.29. The fourth-order valence-corrected chi connectivity index (χ4v) is 4.37. The van der Waals surface area contributed by atoms with Gasteiger partial charge in [0.1, 0.15) is 17.6 Å². The molecule has 2 amide bonds. The van der Waals surface area contributed by atoms with E-state index in [9.17, 15) is 14.7 Å². The van der Waals surface area contributed by atoms with E-state index >= 15 is 0 Å². The molecule has 1 aliphatic heterocycles. The van der Waals surface area contributed by atoms with Crippen LogP contribution in [0.5, 0.6) is 11.5 Å². The number of piperidine rings is 1. The third-order valence-electron chi connectivity index (χ3n) is 6.29. The normalized spacial score (nSPS) is 17.4. The Morgan fingerprint density at radius 2 is 1.94 bits per heavy atom. The van der Waals surface area contributed by atoms with Gasteiger partial charge >= 0.3 is 0 Å². The number of primary amides is 1. The van der Waals surface area contributed by atoms with E-state index < -0.39 is 5.91 Å². The Labute approximate surface area is 199 Å². The molecule has 1 saturated heterocycles. The van der Waals surface area contributed by atoms with Crippen molar-refractivity contribution in [3.8, 4) is 22.8 Å². The van der Waals surface area contributed by atoms with Gasteiger partial charge in [0.15, 0.2) is 0 Å². The number of imidazole rings is 1. The van der Waals surface area contributed by atoms with E-state index in [2.05, 4.69) is 18.8 Å². The molecule has 0 aliphatic carbocycles. The highest BCUT2D eigenvalue weighted by atomic mass is 16.5. The Morgan fingerprint density at radius 3 is 2.56 bits per heavy atom. The van der Waals surface area contributed by atoms with E-state index in [-0.39, 0.29) is 29.6 Å². The van der Waals surface area contributed by atoms with Crippen molar-refractivity contribution < 1.29 is 19.4 Å². The molecule has 8 heteroatoms. The van der Waals surface area contributed by atoms with Gasteiger partial charge in [0.2, 0.25) is 5.91 Å². The van der Waals surface area contributed by atoms with Gasteiger partial charge in [-0.2, -0.15) is 0 Å². The number of benzene rings is 2. The van der Waals surface area contributed by atoms with Crippen LogP contribution >= 0.6 is 0 Å². The molecule has 2 heterocycles. The average Bonchev–Trinajstić information content (AvgIpc) is 3.22. The lowest BCUT2D eigenvalue weighted by Crippen LogP contribution is -2.53. The maximum absolute atomic E-state index is 12.9. The number of hydrogen-bond acceptors (Lipinski definition) is 5. The molecular weight excluding hydrogens is 432 g/mol. The van der Waals surface area contributed by atoms with Gasteiger partial charge in [-0.15, -0.1) is 0 Å². The summed E-state index contributed by atoms with van der Waals surface area (Å²) < 4.78 is 8.16. The standard InChI is InChI=1S/C26H30N4O4/c1-26(2)15-30(24(32)12-17-4-7-19(31)8-5-17)11-10-23(26)34-22-9-6-18(13-20(22)25(27)33)21-14-29(3)16-28-21/h4-9,13-14,16,23,31H,10-12,15H2,1-3H3,(H2,27,33). The zero-order chi connectivity index (χ0) is 24.5. The van der Waals surface area contributed by atoms with Gasteiger partial charge in [-0.25, -0.2) is 4.98 Å². The number of aromatic hydroxyl groups is 1. The summed E-state index contributed by atoms with van der Waals surface area (Å²) in [6.45, 7) is 5.21. The van der Waals surface area contributed by atoms with Crippen LogP contribution in [-0.2, 0) is 18.3 Å². The zero-order valence-corrected chi connectivity index (χ0v) is 19.7.